The number of carbonyl (C=O) groups is 2. The molecule has 2 aromatic carbocycles. The second-order valence-electron chi connectivity index (χ2n) is 9.38. The van der Waals surface area contributed by atoms with Gasteiger partial charge in [-0.3, -0.25) is 10.1 Å². The molecule has 2 N–H and O–H groups in total. The van der Waals surface area contributed by atoms with Crippen LogP contribution in [0, 0.1) is 6.92 Å². The molecular formula is C30H35N3O3. The number of alkyl carbamates (subject to hydrolysis) is 1. The molecule has 0 radical (unpaired) electrons. The molecule has 36 heavy (non-hydrogen) atoms. The number of carbonyl (C=O) groups excluding carboxylic acids is 2. The van der Waals surface area contributed by atoms with Gasteiger partial charge in [0, 0.05) is 13.1 Å². The van der Waals surface area contributed by atoms with Gasteiger partial charge in [0.2, 0.25) is 5.91 Å². The Morgan fingerprint density at radius 1 is 1.08 bits per heavy atom. The van der Waals surface area contributed by atoms with Gasteiger partial charge in [-0.25, -0.2) is 4.79 Å². The number of hydrogen-bond donors (Lipinski definition) is 2. The third-order valence-electron chi connectivity index (χ3n) is 6.70. The summed E-state index contributed by atoms with van der Waals surface area (Å²) in [6.07, 6.45) is 13.2. The smallest absolute Gasteiger partial charge is 0.411 e. The van der Waals surface area contributed by atoms with E-state index in [1.807, 2.05) is 65.6 Å². The van der Waals surface area contributed by atoms with Crippen LogP contribution in [0.5, 0.6) is 0 Å². The molecule has 6 nitrogen and oxygen atoms in total. The zero-order valence-corrected chi connectivity index (χ0v) is 20.9. The summed E-state index contributed by atoms with van der Waals surface area (Å²) < 4.78 is 5.30. The third kappa shape index (κ3) is 6.73. The predicted octanol–water partition coefficient (Wildman–Crippen LogP) is 5.38. The maximum atomic E-state index is 13.0. The predicted molar refractivity (Wildman–Crippen MR) is 142 cm³/mol. The van der Waals surface area contributed by atoms with E-state index in [4.69, 9.17) is 4.74 Å². The van der Waals surface area contributed by atoms with Crippen LogP contribution in [0.15, 0.2) is 96.8 Å². The average molecular weight is 486 g/mol. The minimum atomic E-state index is -0.493. The largest absolute Gasteiger partial charge is 0.412 e. The zero-order valence-electron chi connectivity index (χ0n) is 20.9. The fourth-order valence-corrected chi connectivity index (χ4v) is 4.61. The van der Waals surface area contributed by atoms with E-state index in [1.165, 1.54) is 5.56 Å². The van der Waals surface area contributed by atoms with E-state index in [1.54, 1.807) is 6.08 Å². The second-order valence-corrected chi connectivity index (χ2v) is 9.38. The lowest BCUT2D eigenvalue weighted by Gasteiger charge is -2.45. The summed E-state index contributed by atoms with van der Waals surface area (Å²) in [6, 6.07) is 20.1. The van der Waals surface area contributed by atoms with E-state index in [0.717, 1.165) is 31.2 Å². The van der Waals surface area contributed by atoms with Crippen molar-refractivity contribution in [2.45, 2.75) is 57.3 Å². The second kappa shape index (κ2) is 12.4. The van der Waals surface area contributed by atoms with Crippen LogP contribution in [0.2, 0.25) is 0 Å². The van der Waals surface area contributed by atoms with Gasteiger partial charge in [0.15, 0.2) is 0 Å². The Morgan fingerprint density at radius 2 is 1.81 bits per heavy atom. The molecule has 1 atom stereocenters. The van der Waals surface area contributed by atoms with Crippen molar-refractivity contribution in [2.75, 3.05) is 6.54 Å². The van der Waals surface area contributed by atoms with Crippen molar-refractivity contribution in [1.29, 1.82) is 0 Å². The standard InChI is InChI=1S/C23H27N3O3.C7H8/c27-21-20(13-16-24-22(28)29-19-11-6-1-2-7-12-19)25-23(14-8-15-23)26(21)17-18-9-4-3-5-10-18;1-7-5-3-2-4-6-7/h1-6,9-12,20,25H,7-8,13-17H2,(H,24,28);2-6H,1H3. The van der Waals surface area contributed by atoms with Crippen LogP contribution >= 0.6 is 0 Å². The van der Waals surface area contributed by atoms with Gasteiger partial charge in [-0.15, -0.1) is 0 Å². The lowest BCUT2D eigenvalue weighted by Crippen LogP contribution is -2.57. The molecular weight excluding hydrogens is 450 g/mol. The summed E-state index contributed by atoms with van der Waals surface area (Å²) in [5.41, 5.74) is 2.24. The Labute approximate surface area is 213 Å². The highest BCUT2D eigenvalue weighted by Crippen LogP contribution is 2.41. The SMILES string of the molecule is Cc1ccccc1.O=C(NCCC1NC2(CCC2)N(Cc2ccccc2)C1=O)OC1=CCC=CC=C1. The number of allylic oxidation sites excluding steroid dienone is 5. The molecule has 6 heteroatoms. The molecule has 1 unspecified atom stereocenters. The van der Waals surface area contributed by atoms with Crippen molar-refractivity contribution in [3.8, 4) is 0 Å². The number of hydrogen-bond acceptors (Lipinski definition) is 4. The average Bonchev–Trinajstić information content (AvgIpc) is 3.00. The van der Waals surface area contributed by atoms with Gasteiger partial charge in [-0.2, -0.15) is 0 Å². The Hall–Kier alpha value is -3.64. The molecule has 1 heterocycles. The highest BCUT2D eigenvalue weighted by atomic mass is 16.6. The number of nitrogens with zero attached hydrogens (tertiary/aromatic N) is 1. The number of nitrogens with one attached hydrogen (secondary N) is 2. The maximum absolute atomic E-state index is 13.0. The van der Waals surface area contributed by atoms with Crippen LogP contribution in [0.3, 0.4) is 0 Å². The molecule has 2 amide bonds. The molecule has 0 bridgehead atoms. The molecule has 2 fully saturated rings. The summed E-state index contributed by atoms with van der Waals surface area (Å²) >= 11 is 0. The fourth-order valence-electron chi connectivity index (χ4n) is 4.61. The lowest BCUT2D eigenvalue weighted by molar-refractivity contribution is -0.135. The molecule has 5 rings (SSSR count). The van der Waals surface area contributed by atoms with Crippen LogP contribution in [-0.4, -0.2) is 35.1 Å². The van der Waals surface area contributed by atoms with Gasteiger partial charge in [0.25, 0.3) is 0 Å². The van der Waals surface area contributed by atoms with Gasteiger partial charge in [-0.1, -0.05) is 84.5 Å². The highest BCUT2D eigenvalue weighted by molar-refractivity contribution is 5.85. The van der Waals surface area contributed by atoms with Crippen LogP contribution in [0.1, 0.15) is 43.2 Å². The molecule has 2 aliphatic carbocycles. The van der Waals surface area contributed by atoms with Crippen molar-refractivity contribution in [3.05, 3.63) is 108 Å². The third-order valence-corrected chi connectivity index (χ3v) is 6.70. The first-order valence-corrected chi connectivity index (χ1v) is 12.7. The Kier molecular flexibility index (Phi) is 8.74. The van der Waals surface area contributed by atoms with E-state index in [2.05, 4.69) is 41.8 Å². The normalized spacial score (nSPS) is 19.6. The zero-order chi connectivity index (χ0) is 25.2. The molecule has 2 aromatic rings. The van der Waals surface area contributed by atoms with Crippen molar-refractivity contribution in [1.82, 2.24) is 15.5 Å². The number of aryl methyl sites for hydroxylation is 1. The molecule has 0 aromatic heterocycles. The summed E-state index contributed by atoms with van der Waals surface area (Å²) in [7, 11) is 0. The van der Waals surface area contributed by atoms with E-state index in [9.17, 15) is 9.59 Å². The van der Waals surface area contributed by atoms with Gasteiger partial charge >= 0.3 is 6.09 Å². The summed E-state index contributed by atoms with van der Waals surface area (Å²) in [6.45, 7) is 3.08. The number of ether oxygens (including phenoxy) is 1. The lowest BCUT2D eigenvalue weighted by atomic mass is 9.84. The van der Waals surface area contributed by atoms with Crippen LogP contribution in [-0.2, 0) is 16.1 Å². The van der Waals surface area contributed by atoms with Gasteiger partial charge < -0.3 is 15.0 Å². The molecule has 1 aliphatic heterocycles. The Morgan fingerprint density at radius 3 is 2.44 bits per heavy atom. The van der Waals surface area contributed by atoms with Crippen LogP contribution < -0.4 is 10.6 Å². The fraction of sp³-hybridized carbons (Fsp3) is 0.333. The van der Waals surface area contributed by atoms with Gasteiger partial charge in [-0.05, 0) is 56.7 Å². The van der Waals surface area contributed by atoms with Gasteiger partial charge in [0.1, 0.15) is 5.76 Å². The number of benzene rings is 2. The monoisotopic (exact) mass is 485 g/mol. The minimum absolute atomic E-state index is 0.115. The molecule has 1 saturated carbocycles. The first-order valence-electron chi connectivity index (χ1n) is 12.7. The van der Waals surface area contributed by atoms with E-state index in [0.29, 0.717) is 25.3 Å². The highest BCUT2D eigenvalue weighted by Gasteiger charge is 2.53. The van der Waals surface area contributed by atoms with Crippen LogP contribution in [0.25, 0.3) is 0 Å². The molecule has 188 valence electrons. The van der Waals surface area contributed by atoms with Crippen LogP contribution in [0.4, 0.5) is 4.79 Å². The molecule has 1 saturated heterocycles. The van der Waals surface area contributed by atoms with Crippen molar-refractivity contribution in [2.24, 2.45) is 0 Å². The quantitative estimate of drug-likeness (QED) is 0.576. The minimum Gasteiger partial charge on any atom is -0.411 e. The molecule has 3 aliphatic rings. The molecule has 1 spiro atoms. The van der Waals surface area contributed by atoms with E-state index < -0.39 is 6.09 Å². The maximum Gasteiger partial charge on any atom is 0.412 e. The summed E-state index contributed by atoms with van der Waals surface area (Å²) in [4.78, 5) is 27.1. The van der Waals surface area contributed by atoms with Crippen molar-refractivity contribution >= 4 is 12.0 Å². The van der Waals surface area contributed by atoms with Crippen molar-refractivity contribution in [3.63, 3.8) is 0 Å². The number of amides is 2. The summed E-state index contributed by atoms with van der Waals surface area (Å²) in [5, 5.41) is 6.30. The van der Waals surface area contributed by atoms with Crippen molar-refractivity contribution < 1.29 is 14.3 Å². The van der Waals surface area contributed by atoms with E-state index >= 15 is 0 Å². The first kappa shape index (κ1) is 25.5. The Balaban J connectivity index is 0.000000375. The topological polar surface area (TPSA) is 70.7 Å². The summed E-state index contributed by atoms with van der Waals surface area (Å²) in [5.74, 6) is 0.647. The Bertz CT molecular complexity index is 1100. The first-order chi connectivity index (χ1) is 17.6. The van der Waals surface area contributed by atoms with Gasteiger partial charge in [0.05, 0.1) is 11.7 Å². The van der Waals surface area contributed by atoms with E-state index in [-0.39, 0.29) is 17.6 Å². The number of rotatable bonds is 6.